The van der Waals surface area contributed by atoms with Crippen LogP contribution in [0, 0.1) is 11.8 Å². The van der Waals surface area contributed by atoms with Crippen LogP contribution in [0.2, 0.25) is 0 Å². The van der Waals surface area contributed by atoms with Crippen LogP contribution in [0.5, 0.6) is 0 Å². The Morgan fingerprint density at radius 2 is 2.13 bits per heavy atom. The Morgan fingerprint density at radius 1 is 1.39 bits per heavy atom. The summed E-state index contributed by atoms with van der Waals surface area (Å²) in [6, 6.07) is 2.93. The molecule has 0 unspecified atom stereocenters. The van der Waals surface area contributed by atoms with Crippen LogP contribution in [0.1, 0.15) is 32.1 Å². The zero-order chi connectivity index (χ0) is 16.8. The number of furan rings is 1. The molecular formula is C16H20N2O5. The second-order valence-electron chi connectivity index (χ2n) is 5.92. The molecule has 124 valence electrons. The molecule has 0 saturated carbocycles. The molecule has 7 heteroatoms. The van der Waals surface area contributed by atoms with Gasteiger partial charge in [-0.15, -0.1) is 0 Å². The van der Waals surface area contributed by atoms with Crippen LogP contribution >= 0.6 is 0 Å². The topological polar surface area (TPSA) is 88.8 Å². The van der Waals surface area contributed by atoms with Gasteiger partial charge >= 0.3 is 5.97 Å². The zero-order valence-corrected chi connectivity index (χ0v) is 13.4. The van der Waals surface area contributed by atoms with Crippen molar-refractivity contribution in [1.29, 1.82) is 0 Å². The third kappa shape index (κ3) is 2.03. The minimum atomic E-state index is -1.21. The summed E-state index contributed by atoms with van der Waals surface area (Å²) in [6.07, 6.45) is 1.85. The number of likely N-dealkylation sites (tertiary alicyclic amines) is 1. The molecule has 4 atom stereocenters. The van der Waals surface area contributed by atoms with Crippen LogP contribution in [0.4, 0.5) is 0 Å². The molecule has 2 saturated heterocycles. The number of fused-ring (bicyclic) bond motifs is 1. The van der Waals surface area contributed by atoms with E-state index < -0.39 is 29.4 Å². The van der Waals surface area contributed by atoms with Gasteiger partial charge in [0.1, 0.15) is 11.3 Å². The summed E-state index contributed by atoms with van der Waals surface area (Å²) in [6.45, 7) is 3.73. The standard InChI is InChI=1S/C16H20N2O5/c1-4-16(15(21)22-5-2)11-10(13(19)18(3)14(11)20)12(17-16)9-7-6-8-23-9/h6-8,10-12,17H,4-5H2,1-3H3/t10-,11+,12-,16-/m1/s1. The summed E-state index contributed by atoms with van der Waals surface area (Å²) in [5, 5.41) is 3.19. The fourth-order valence-electron chi connectivity index (χ4n) is 3.77. The Balaban J connectivity index is 2.10. The van der Waals surface area contributed by atoms with Crippen LogP contribution in [-0.2, 0) is 19.1 Å². The summed E-state index contributed by atoms with van der Waals surface area (Å²) >= 11 is 0. The molecule has 1 aromatic heterocycles. The first-order valence-corrected chi connectivity index (χ1v) is 7.77. The van der Waals surface area contributed by atoms with Gasteiger partial charge in [0.05, 0.1) is 30.7 Å². The van der Waals surface area contributed by atoms with E-state index in [1.165, 1.54) is 13.3 Å². The number of nitrogens with one attached hydrogen (secondary N) is 1. The molecule has 3 rings (SSSR count). The van der Waals surface area contributed by atoms with Gasteiger partial charge in [0.25, 0.3) is 0 Å². The number of ether oxygens (including phenoxy) is 1. The van der Waals surface area contributed by atoms with Gasteiger partial charge in [-0.2, -0.15) is 0 Å². The maximum absolute atomic E-state index is 12.6. The van der Waals surface area contributed by atoms with E-state index in [-0.39, 0.29) is 18.4 Å². The largest absolute Gasteiger partial charge is 0.468 e. The monoisotopic (exact) mass is 320 g/mol. The highest BCUT2D eigenvalue weighted by Crippen LogP contribution is 2.50. The Kier molecular flexibility index (Phi) is 3.75. The molecular weight excluding hydrogens is 300 g/mol. The van der Waals surface area contributed by atoms with Crippen molar-refractivity contribution in [3.63, 3.8) is 0 Å². The third-order valence-corrected chi connectivity index (χ3v) is 4.92. The lowest BCUT2D eigenvalue weighted by Gasteiger charge is -2.31. The predicted molar refractivity (Wildman–Crippen MR) is 79.0 cm³/mol. The number of rotatable bonds is 4. The lowest BCUT2D eigenvalue weighted by Crippen LogP contribution is -2.55. The molecule has 0 aromatic carbocycles. The quantitative estimate of drug-likeness (QED) is 0.654. The average Bonchev–Trinajstić information content (AvgIpc) is 3.22. The van der Waals surface area contributed by atoms with Gasteiger partial charge in [0, 0.05) is 7.05 Å². The smallest absolute Gasteiger partial charge is 0.327 e. The molecule has 2 fully saturated rings. The summed E-state index contributed by atoms with van der Waals surface area (Å²) in [4.78, 5) is 38.9. The van der Waals surface area contributed by atoms with Gasteiger partial charge < -0.3 is 9.15 Å². The number of hydrogen-bond acceptors (Lipinski definition) is 6. The first-order valence-electron chi connectivity index (χ1n) is 7.77. The van der Waals surface area contributed by atoms with E-state index in [0.29, 0.717) is 12.2 Å². The van der Waals surface area contributed by atoms with E-state index in [2.05, 4.69) is 5.32 Å². The van der Waals surface area contributed by atoms with E-state index >= 15 is 0 Å². The Labute approximate surface area is 134 Å². The van der Waals surface area contributed by atoms with Gasteiger partial charge in [0.2, 0.25) is 11.8 Å². The normalized spacial score (nSPS) is 33.2. The number of carbonyl (C=O) groups excluding carboxylic acids is 3. The third-order valence-electron chi connectivity index (χ3n) is 4.92. The lowest BCUT2D eigenvalue weighted by atomic mass is 9.78. The van der Waals surface area contributed by atoms with Crippen molar-refractivity contribution in [2.75, 3.05) is 13.7 Å². The molecule has 23 heavy (non-hydrogen) atoms. The number of amides is 2. The highest BCUT2D eigenvalue weighted by atomic mass is 16.5. The van der Waals surface area contributed by atoms with Gasteiger partial charge in [-0.25, -0.2) is 0 Å². The van der Waals surface area contributed by atoms with Gasteiger partial charge in [-0.1, -0.05) is 6.92 Å². The summed E-state index contributed by atoms with van der Waals surface area (Å²) in [7, 11) is 1.45. The van der Waals surface area contributed by atoms with Crippen LogP contribution < -0.4 is 5.32 Å². The van der Waals surface area contributed by atoms with Crippen LogP contribution in [0.3, 0.4) is 0 Å². The number of hydrogen-bond donors (Lipinski definition) is 1. The van der Waals surface area contributed by atoms with Crippen molar-refractivity contribution >= 4 is 17.8 Å². The second kappa shape index (κ2) is 5.49. The molecule has 0 radical (unpaired) electrons. The summed E-state index contributed by atoms with van der Waals surface area (Å²) in [5.41, 5.74) is -1.21. The van der Waals surface area contributed by atoms with Crippen LogP contribution in [0.25, 0.3) is 0 Å². The lowest BCUT2D eigenvalue weighted by molar-refractivity contribution is -0.156. The van der Waals surface area contributed by atoms with Crippen molar-refractivity contribution < 1.29 is 23.5 Å². The van der Waals surface area contributed by atoms with Crippen LogP contribution in [-0.4, -0.2) is 41.9 Å². The van der Waals surface area contributed by atoms with E-state index in [0.717, 1.165) is 4.90 Å². The number of imide groups is 1. The van der Waals surface area contributed by atoms with Gasteiger partial charge in [-0.05, 0) is 25.5 Å². The van der Waals surface area contributed by atoms with Crippen molar-refractivity contribution in [3.8, 4) is 0 Å². The number of nitrogens with zero attached hydrogens (tertiary/aromatic N) is 1. The highest BCUT2D eigenvalue weighted by molar-refractivity contribution is 6.09. The van der Waals surface area contributed by atoms with Crippen LogP contribution in [0.15, 0.2) is 22.8 Å². The summed E-state index contributed by atoms with van der Waals surface area (Å²) < 4.78 is 10.6. The molecule has 3 heterocycles. The maximum atomic E-state index is 12.6. The number of carbonyl (C=O) groups is 3. The molecule has 2 aliphatic heterocycles. The van der Waals surface area contributed by atoms with Crippen molar-refractivity contribution in [2.45, 2.75) is 31.8 Å². The molecule has 1 N–H and O–H groups in total. The zero-order valence-electron chi connectivity index (χ0n) is 13.4. The fraction of sp³-hybridized carbons (Fsp3) is 0.562. The molecule has 1 aromatic rings. The Morgan fingerprint density at radius 3 is 2.70 bits per heavy atom. The second-order valence-corrected chi connectivity index (χ2v) is 5.92. The highest BCUT2D eigenvalue weighted by Gasteiger charge is 2.68. The first-order chi connectivity index (χ1) is 11.0. The minimum Gasteiger partial charge on any atom is -0.468 e. The molecule has 0 aliphatic carbocycles. The predicted octanol–water partition coefficient (Wildman–Crippen LogP) is 0.867. The first kappa shape index (κ1) is 15.7. The number of esters is 1. The Bertz CT molecular complexity index is 641. The van der Waals surface area contributed by atoms with Crippen molar-refractivity contribution in [3.05, 3.63) is 24.2 Å². The fourth-order valence-corrected chi connectivity index (χ4v) is 3.77. The molecule has 7 nitrogen and oxygen atoms in total. The molecule has 0 bridgehead atoms. The molecule has 2 aliphatic rings. The SMILES string of the molecule is CCOC(=O)[C@]1(CC)N[C@H](c2ccco2)[C@@H]2C(=O)N(C)C(=O)[C@H]21. The van der Waals surface area contributed by atoms with E-state index in [1.807, 2.05) is 6.92 Å². The Hall–Kier alpha value is -2.15. The van der Waals surface area contributed by atoms with E-state index in [1.54, 1.807) is 19.1 Å². The minimum absolute atomic E-state index is 0.211. The van der Waals surface area contributed by atoms with E-state index in [4.69, 9.17) is 9.15 Å². The molecule has 0 spiro atoms. The van der Waals surface area contributed by atoms with Crippen molar-refractivity contribution in [1.82, 2.24) is 10.2 Å². The van der Waals surface area contributed by atoms with Gasteiger partial charge in [-0.3, -0.25) is 24.6 Å². The van der Waals surface area contributed by atoms with Crippen molar-refractivity contribution in [2.24, 2.45) is 11.8 Å². The summed E-state index contributed by atoms with van der Waals surface area (Å²) in [5.74, 6) is -2.05. The maximum Gasteiger partial charge on any atom is 0.327 e. The van der Waals surface area contributed by atoms with E-state index in [9.17, 15) is 14.4 Å². The molecule has 2 amide bonds. The average molecular weight is 320 g/mol. The van der Waals surface area contributed by atoms with Gasteiger partial charge in [0.15, 0.2) is 0 Å².